The van der Waals surface area contributed by atoms with E-state index in [4.69, 9.17) is 20.8 Å². The van der Waals surface area contributed by atoms with Gasteiger partial charge >= 0.3 is 11.3 Å². The van der Waals surface area contributed by atoms with Crippen molar-refractivity contribution in [1.82, 2.24) is 0 Å². The van der Waals surface area contributed by atoms with Crippen molar-refractivity contribution in [3.8, 4) is 17.1 Å². The van der Waals surface area contributed by atoms with Gasteiger partial charge < -0.3 is 14.5 Å². The molecule has 0 spiro atoms. The zero-order valence-corrected chi connectivity index (χ0v) is 30.8. The minimum Gasteiger partial charge on any atom is -0.456 e. The van der Waals surface area contributed by atoms with E-state index >= 15 is 0 Å². The number of ether oxygens (including phenoxy) is 1. The summed E-state index contributed by atoms with van der Waals surface area (Å²) in [5, 5.41) is 1.95. The van der Waals surface area contributed by atoms with Crippen LogP contribution < -0.4 is 14.5 Å². The molecule has 5 heteroatoms. The summed E-state index contributed by atoms with van der Waals surface area (Å²) in [7, 11) is 0. The van der Waals surface area contributed by atoms with Gasteiger partial charge in [-0.2, -0.15) is 0 Å². The standard InChI is InChI=1S/C48H44ClN2O2/c49-48-36(18-20-38-30-44(34-12-3-1-4-13-34)52-46-32-40(22-24-42(38)46)50-26-7-8-27-50)16-11-17-37(48)19-21-39-31-45(35-14-5-2-6-15-35)53-47-33-41(23-25-43(39)47)51-28-9-10-29-51/h1-6,12-15,18-25,30-33H,7-11,16-17,26-29H2/q+1. The molecule has 0 radical (unpaired) electrons. The van der Waals surface area contributed by atoms with Crippen LogP contribution >= 0.6 is 11.6 Å². The number of halogens is 1. The van der Waals surface area contributed by atoms with Gasteiger partial charge in [0.25, 0.3) is 0 Å². The minimum absolute atomic E-state index is 0.845. The molecule has 0 bridgehead atoms. The molecule has 5 aromatic rings. The molecule has 0 saturated carbocycles. The second-order valence-electron chi connectivity index (χ2n) is 14.5. The fraction of sp³-hybridized carbons (Fsp3) is 0.229. The lowest BCUT2D eigenvalue weighted by Crippen LogP contribution is -2.17. The SMILES string of the molecule is ClC1=C(/C=C/c2cc(-c3ccccc3)[o+]c3cc(N4CCCC4)ccc23)CCC/C1=C\C=C1/C=C(c2ccccc2)Oc2cc(N3CCCC3)ccc21. The number of fused-ring (bicyclic) bond motifs is 2. The first-order valence-electron chi connectivity index (χ1n) is 19.2. The maximum atomic E-state index is 7.25. The Morgan fingerprint density at radius 1 is 0.642 bits per heavy atom. The van der Waals surface area contributed by atoms with Crippen molar-refractivity contribution in [3.05, 3.63) is 160 Å². The molecule has 4 aliphatic rings. The van der Waals surface area contributed by atoms with E-state index in [0.29, 0.717) is 0 Å². The largest absolute Gasteiger partial charge is 0.456 e. The van der Waals surface area contributed by atoms with E-state index in [0.717, 1.165) is 118 Å². The van der Waals surface area contributed by atoms with Crippen LogP contribution in [0.25, 0.3) is 39.7 Å². The Bertz CT molecular complexity index is 2310. The summed E-state index contributed by atoms with van der Waals surface area (Å²) in [6.45, 7) is 4.39. The van der Waals surface area contributed by atoms with Crippen molar-refractivity contribution < 1.29 is 9.15 Å². The van der Waals surface area contributed by atoms with Crippen molar-refractivity contribution in [2.75, 3.05) is 36.0 Å². The molecule has 0 amide bonds. The average molecular weight is 716 g/mol. The van der Waals surface area contributed by atoms with Crippen LogP contribution in [0.1, 0.15) is 61.6 Å². The Hall–Kier alpha value is -5.32. The summed E-state index contributed by atoms with van der Waals surface area (Å²) in [6, 6.07) is 36.2. The third kappa shape index (κ3) is 7.09. The lowest BCUT2D eigenvalue weighted by molar-refractivity contribution is 0.509. The van der Waals surface area contributed by atoms with E-state index in [1.807, 2.05) is 12.1 Å². The highest BCUT2D eigenvalue weighted by Crippen LogP contribution is 2.41. The summed E-state index contributed by atoms with van der Waals surface area (Å²) in [5.41, 5.74) is 11.2. The molecule has 0 atom stereocenters. The second-order valence-corrected chi connectivity index (χ2v) is 14.9. The number of benzene rings is 4. The molecular weight excluding hydrogens is 672 g/mol. The number of rotatable bonds is 7. The van der Waals surface area contributed by atoms with Gasteiger partial charge in [0.05, 0.1) is 23.1 Å². The molecule has 2 fully saturated rings. The monoisotopic (exact) mass is 715 g/mol. The molecule has 4 aromatic carbocycles. The molecule has 2 saturated heterocycles. The maximum absolute atomic E-state index is 7.25. The fourth-order valence-corrected chi connectivity index (χ4v) is 8.41. The van der Waals surface area contributed by atoms with E-state index in [1.165, 1.54) is 37.1 Å². The van der Waals surface area contributed by atoms with Crippen LogP contribution in [-0.4, -0.2) is 26.2 Å². The van der Waals surface area contributed by atoms with E-state index < -0.39 is 0 Å². The predicted molar refractivity (Wildman–Crippen MR) is 222 cm³/mol. The first kappa shape index (κ1) is 33.5. The molecule has 53 heavy (non-hydrogen) atoms. The van der Waals surface area contributed by atoms with Crippen molar-refractivity contribution in [2.24, 2.45) is 0 Å². The molecule has 1 aliphatic carbocycles. The van der Waals surface area contributed by atoms with Crippen LogP contribution in [0.4, 0.5) is 11.4 Å². The Morgan fingerprint density at radius 3 is 2.06 bits per heavy atom. The minimum atomic E-state index is 0.845. The van der Waals surface area contributed by atoms with Crippen molar-refractivity contribution >= 4 is 51.4 Å². The summed E-state index contributed by atoms with van der Waals surface area (Å²) in [5.74, 6) is 2.62. The van der Waals surface area contributed by atoms with Crippen molar-refractivity contribution in [1.29, 1.82) is 0 Å². The summed E-state index contributed by atoms with van der Waals surface area (Å²) in [4.78, 5) is 4.91. The number of allylic oxidation sites excluding steroid dienone is 8. The molecule has 264 valence electrons. The van der Waals surface area contributed by atoms with Gasteiger partial charge in [0.1, 0.15) is 11.5 Å². The van der Waals surface area contributed by atoms with E-state index in [-0.39, 0.29) is 0 Å². The highest BCUT2D eigenvalue weighted by molar-refractivity contribution is 6.32. The molecule has 3 aliphatic heterocycles. The van der Waals surface area contributed by atoms with Gasteiger partial charge in [-0.25, -0.2) is 4.42 Å². The van der Waals surface area contributed by atoms with Gasteiger partial charge in [0.2, 0.25) is 0 Å². The molecular formula is C48H44ClN2O2+. The first-order chi connectivity index (χ1) is 26.2. The number of anilines is 2. The molecule has 0 unspecified atom stereocenters. The zero-order chi connectivity index (χ0) is 35.6. The quantitative estimate of drug-likeness (QED) is 0.157. The molecule has 4 nitrogen and oxygen atoms in total. The van der Waals surface area contributed by atoms with Crippen LogP contribution in [0.5, 0.6) is 5.75 Å². The first-order valence-corrected chi connectivity index (χ1v) is 19.6. The van der Waals surface area contributed by atoms with E-state index in [2.05, 4.69) is 131 Å². The highest BCUT2D eigenvalue weighted by atomic mass is 35.5. The predicted octanol–water partition coefficient (Wildman–Crippen LogP) is 12.7. The number of hydrogen-bond acceptors (Lipinski definition) is 3. The van der Waals surface area contributed by atoms with Crippen LogP contribution in [0, 0.1) is 0 Å². The zero-order valence-electron chi connectivity index (χ0n) is 30.1. The average Bonchev–Trinajstić information content (AvgIpc) is 3.96. The number of nitrogens with zero attached hydrogens (tertiary/aromatic N) is 2. The van der Waals surface area contributed by atoms with Gasteiger partial charge in [0, 0.05) is 65.3 Å². The van der Waals surface area contributed by atoms with Crippen LogP contribution in [0.15, 0.2) is 148 Å². The molecule has 1 aromatic heterocycles. The lowest BCUT2D eigenvalue weighted by Gasteiger charge is -2.24. The summed E-state index contributed by atoms with van der Waals surface area (Å²) in [6.07, 6.45) is 18.9. The second kappa shape index (κ2) is 15.0. The Morgan fingerprint density at radius 2 is 1.32 bits per heavy atom. The molecule has 0 N–H and O–H groups in total. The Kier molecular flexibility index (Phi) is 9.46. The topological polar surface area (TPSA) is 27.0 Å². The fourth-order valence-electron chi connectivity index (χ4n) is 8.10. The smallest absolute Gasteiger partial charge is 0.363 e. The third-order valence-corrected chi connectivity index (χ3v) is 11.5. The normalized spacial score (nSPS) is 19.1. The lowest BCUT2D eigenvalue weighted by atomic mass is 9.92. The van der Waals surface area contributed by atoms with Crippen LogP contribution in [0.2, 0.25) is 0 Å². The third-order valence-electron chi connectivity index (χ3n) is 11.0. The van der Waals surface area contributed by atoms with Gasteiger partial charge in [-0.3, -0.25) is 0 Å². The molecule has 9 rings (SSSR count). The van der Waals surface area contributed by atoms with E-state index in [1.54, 1.807) is 0 Å². The Balaban J connectivity index is 1.06. The Labute approximate surface area is 317 Å². The van der Waals surface area contributed by atoms with E-state index in [9.17, 15) is 0 Å². The van der Waals surface area contributed by atoms with Gasteiger partial charge in [0.15, 0.2) is 0 Å². The van der Waals surface area contributed by atoms with Crippen molar-refractivity contribution in [2.45, 2.75) is 44.9 Å². The van der Waals surface area contributed by atoms with Gasteiger partial charge in [-0.05, 0) is 104 Å². The van der Waals surface area contributed by atoms with Crippen LogP contribution in [-0.2, 0) is 0 Å². The molecule has 4 heterocycles. The number of hydrogen-bond donors (Lipinski definition) is 0. The highest BCUT2D eigenvalue weighted by Gasteiger charge is 2.23. The van der Waals surface area contributed by atoms with Crippen molar-refractivity contribution in [3.63, 3.8) is 0 Å². The maximum Gasteiger partial charge on any atom is 0.363 e. The van der Waals surface area contributed by atoms with Gasteiger partial charge in [-0.15, -0.1) is 0 Å². The van der Waals surface area contributed by atoms with Gasteiger partial charge in [-0.1, -0.05) is 84.4 Å². The summed E-state index contributed by atoms with van der Waals surface area (Å²) < 4.78 is 13.1. The van der Waals surface area contributed by atoms with Crippen LogP contribution in [0.3, 0.4) is 0 Å². The summed E-state index contributed by atoms with van der Waals surface area (Å²) >= 11 is 7.25.